The quantitative estimate of drug-likeness (QED) is 0.373. The van der Waals surface area contributed by atoms with Crippen LogP contribution in [0.4, 0.5) is 5.69 Å². The van der Waals surface area contributed by atoms with Gasteiger partial charge in [-0.2, -0.15) is 5.10 Å². The number of phenols is 1. The molecule has 0 aliphatic heterocycles. The van der Waals surface area contributed by atoms with Crippen molar-refractivity contribution >= 4 is 28.6 Å². The molecule has 0 aromatic heterocycles. The van der Waals surface area contributed by atoms with E-state index in [2.05, 4.69) is 10.5 Å². The maximum atomic E-state index is 12.3. The molecule has 0 unspecified atom stereocenters. The Hall–Kier alpha value is -3.94. The van der Waals surface area contributed by atoms with E-state index < -0.39 is 10.8 Å². The van der Waals surface area contributed by atoms with Crippen LogP contribution < -0.4 is 10.2 Å². The van der Waals surface area contributed by atoms with Crippen molar-refractivity contribution in [1.82, 2.24) is 5.43 Å². The Morgan fingerprint density at radius 1 is 1.21 bits per heavy atom. The highest BCUT2D eigenvalue weighted by Gasteiger charge is 2.16. The van der Waals surface area contributed by atoms with Gasteiger partial charge in [0, 0.05) is 17.7 Å². The van der Waals surface area contributed by atoms with Crippen LogP contribution in [0.25, 0.3) is 10.8 Å². The summed E-state index contributed by atoms with van der Waals surface area (Å²) in [6.45, 7) is 3.81. The number of aromatic hydroxyl groups is 1. The summed E-state index contributed by atoms with van der Waals surface area (Å²) < 4.78 is 5.84. The summed E-state index contributed by atoms with van der Waals surface area (Å²) in [5, 5.41) is 26.6. The standard InChI is InChI=1S/C21H19N3O5/c1-13(2)29-20-10-7-14-5-3-4-6-16(14)18(20)12-22-23-21(26)17-11-15(24(27)28)8-9-19(17)25/h3-13,25H,1-2H3,(H,23,26)/b22-12-. The lowest BCUT2D eigenvalue weighted by Gasteiger charge is -2.14. The van der Waals surface area contributed by atoms with Crippen LogP contribution in [0.5, 0.6) is 11.5 Å². The van der Waals surface area contributed by atoms with Gasteiger partial charge in [0.25, 0.3) is 11.6 Å². The number of carbonyl (C=O) groups is 1. The Balaban J connectivity index is 1.90. The molecule has 0 saturated heterocycles. The van der Waals surface area contributed by atoms with Crippen molar-refractivity contribution in [2.24, 2.45) is 5.10 Å². The number of non-ortho nitro benzene ring substituents is 1. The highest BCUT2D eigenvalue weighted by atomic mass is 16.6. The molecule has 2 N–H and O–H groups in total. The van der Waals surface area contributed by atoms with E-state index in [0.717, 1.165) is 29.0 Å². The van der Waals surface area contributed by atoms with Crippen LogP contribution >= 0.6 is 0 Å². The number of amides is 1. The van der Waals surface area contributed by atoms with Gasteiger partial charge in [0.15, 0.2) is 0 Å². The summed E-state index contributed by atoms with van der Waals surface area (Å²) in [5.41, 5.74) is 2.42. The van der Waals surface area contributed by atoms with Crippen LogP contribution in [0.1, 0.15) is 29.8 Å². The molecule has 8 nitrogen and oxygen atoms in total. The van der Waals surface area contributed by atoms with E-state index in [-0.39, 0.29) is 23.1 Å². The molecule has 0 aliphatic rings. The highest BCUT2D eigenvalue weighted by Crippen LogP contribution is 2.27. The van der Waals surface area contributed by atoms with E-state index in [9.17, 15) is 20.0 Å². The molecular weight excluding hydrogens is 374 g/mol. The number of ether oxygens (including phenoxy) is 1. The van der Waals surface area contributed by atoms with Crippen molar-refractivity contribution in [3.63, 3.8) is 0 Å². The normalized spacial score (nSPS) is 11.1. The average Bonchev–Trinajstić information content (AvgIpc) is 2.69. The fourth-order valence-corrected chi connectivity index (χ4v) is 2.80. The molecule has 0 spiro atoms. The van der Waals surface area contributed by atoms with E-state index >= 15 is 0 Å². The monoisotopic (exact) mass is 393 g/mol. The fraction of sp³-hybridized carbons (Fsp3) is 0.143. The van der Waals surface area contributed by atoms with Gasteiger partial charge in [0.05, 0.1) is 22.8 Å². The Labute approximate surface area is 166 Å². The van der Waals surface area contributed by atoms with Crippen molar-refractivity contribution in [1.29, 1.82) is 0 Å². The van der Waals surface area contributed by atoms with Gasteiger partial charge in [-0.15, -0.1) is 0 Å². The summed E-state index contributed by atoms with van der Waals surface area (Å²) in [7, 11) is 0. The number of nitrogens with one attached hydrogen (secondary N) is 1. The number of nitro benzene ring substituents is 1. The Kier molecular flexibility index (Phi) is 5.73. The maximum absolute atomic E-state index is 12.3. The Bertz CT molecular complexity index is 1110. The first-order valence-electron chi connectivity index (χ1n) is 8.86. The molecule has 0 heterocycles. The van der Waals surface area contributed by atoms with Crippen molar-refractivity contribution in [3.05, 3.63) is 75.8 Å². The fourth-order valence-electron chi connectivity index (χ4n) is 2.80. The molecule has 0 saturated carbocycles. The summed E-state index contributed by atoms with van der Waals surface area (Å²) in [5.74, 6) is -0.541. The van der Waals surface area contributed by atoms with Crippen molar-refractivity contribution in [2.75, 3.05) is 0 Å². The van der Waals surface area contributed by atoms with Crippen molar-refractivity contribution in [2.45, 2.75) is 20.0 Å². The zero-order chi connectivity index (χ0) is 21.0. The topological polar surface area (TPSA) is 114 Å². The van der Waals surface area contributed by atoms with E-state index in [1.165, 1.54) is 6.21 Å². The predicted molar refractivity (Wildman–Crippen MR) is 110 cm³/mol. The number of carbonyl (C=O) groups excluding carboxylic acids is 1. The van der Waals surface area contributed by atoms with Crippen molar-refractivity contribution < 1.29 is 19.6 Å². The van der Waals surface area contributed by atoms with Crippen LogP contribution in [-0.4, -0.2) is 28.3 Å². The van der Waals surface area contributed by atoms with Crippen LogP contribution in [0.3, 0.4) is 0 Å². The number of benzene rings is 3. The lowest BCUT2D eigenvalue weighted by molar-refractivity contribution is -0.384. The molecule has 3 aromatic carbocycles. The third-order valence-electron chi connectivity index (χ3n) is 4.09. The number of hydrogen-bond donors (Lipinski definition) is 2. The van der Waals surface area contributed by atoms with Gasteiger partial charge in [-0.05, 0) is 36.8 Å². The van der Waals surface area contributed by atoms with Gasteiger partial charge in [0.2, 0.25) is 0 Å². The van der Waals surface area contributed by atoms with Crippen molar-refractivity contribution in [3.8, 4) is 11.5 Å². The zero-order valence-corrected chi connectivity index (χ0v) is 15.8. The molecule has 8 heteroatoms. The van der Waals surface area contributed by atoms with E-state index in [1.807, 2.05) is 50.2 Å². The average molecular weight is 393 g/mol. The molecular formula is C21H19N3O5. The highest BCUT2D eigenvalue weighted by molar-refractivity contribution is 6.03. The predicted octanol–water partition coefficient (Wildman–Crippen LogP) is 4.00. The molecule has 0 radical (unpaired) electrons. The number of hydrogen-bond acceptors (Lipinski definition) is 6. The van der Waals surface area contributed by atoms with Crippen LogP contribution in [0.15, 0.2) is 59.7 Å². The first-order chi connectivity index (χ1) is 13.9. The number of nitrogens with zero attached hydrogens (tertiary/aromatic N) is 2. The smallest absolute Gasteiger partial charge is 0.275 e. The molecule has 0 atom stereocenters. The number of fused-ring (bicyclic) bond motifs is 1. The largest absolute Gasteiger partial charge is 0.507 e. The minimum absolute atomic E-state index is 0.0558. The van der Waals surface area contributed by atoms with E-state index in [1.54, 1.807) is 0 Å². The zero-order valence-electron chi connectivity index (χ0n) is 15.8. The molecule has 29 heavy (non-hydrogen) atoms. The summed E-state index contributed by atoms with van der Waals surface area (Å²) in [4.78, 5) is 22.6. The maximum Gasteiger partial charge on any atom is 0.275 e. The number of phenolic OH excluding ortho intramolecular Hbond substituents is 1. The van der Waals surface area contributed by atoms with Gasteiger partial charge in [-0.3, -0.25) is 14.9 Å². The van der Waals surface area contributed by atoms with Gasteiger partial charge < -0.3 is 9.84 Å². The SMILES string of the molecule is CC(C)Oc1ccc2ccccc2c1/C=N\NC(=O)c1cc([N+](=O)[O-])ccc1O. The molecule has 148 valence electrons. The Morgan fingerprint density at radius 2 is 1.97 bits per heavy atom. The number of hydrazone groups is 1. The molecule has 0 aliphatic carbocycles. The molecule has 1 amide bonds. The van der Waals surface area contributed by atoms with Gasteiger partial charge >= 0.3 is 0 Å². The summed E-state index contributed by atoms with van der Waals surface area (Å²) >= 11 is 0. The lowest BCUT2D eigenvalue weighted by atomic mass is 10.0. The molecule has 0 fully saturated rings. The van der Waals surface area contributed by atoms with Crippen LogP contribution in [0, 0.1) is 10.1 Å². The lowest BCUT2D eigenvalue weighted by Crippen LogP contribution is -2.18. The van der Waals surface area contributed by atoms with E-state index in [4.69, 9.17) is 4.74 Å². The summed E-state index contributed by atoms with van der Waals surface area (Å²) in [6, 6.07) is 14.6. The number of nitro groups is 1. The second-order valence-corrected chi connectivity index (χ2v) is 6.52. The second-order valence-electron chi connectivity index (χ2n) is 6.52. The number of rotatable bonds is 6. The third-order valence-corrected chi connectivity index (χ3v) is 4.09. The van der Waals surface area contributed by atoms with E-state index in [0.29, 0.717) is 11.3 Å². The summed E-state index contributed by atoms with van der Waals surface area (Å²) in [6.07, 6.45) is 1.39. The molecule has 0 bridgehead atoms. The van der Waals surface area contributed by atoms with Gasteiger partial charge in [-0.25, -0.2) is 5.43 Å². The molecule has 3 rings (SSSR count). The van der Waals surface area contributed by atoms with Crippen LogP contribution in [-0.2, 0) is 0 Å². The second kappa shape index (κ2) is 8.39. The third kappa shape index (κ3) is 4.49. The Morgan fingerprint density at radius 3 is 2.69 bits per heavy atom. The van der Waals surface area contributed by atoms with Gasteiger partial charge in [0.1, 0.15) is 11.5 Å². The van der Waals surface area contributed by atoms with Crippen LogP contribution in [0.2, 0.25) is 0 Å². The van der Waals surface area contributed by atoms with Gasteiger partial charge in [-0.1, -0.05) is 30.3 Å². The minimum atomic E-state index is -0.769. The molecule has 3 aromatic rings. The minimum Gasteiger partial charge on any atom is -0.507 e. The first kappa shape index (κ1) is 19.8. The first-order valence-corrected chi connectivity index (χ1v) is 8.86.